The summed E-state index contributed by atoms with van der Waals surface area (Å²) in [5.41, 5.74) is 9.18. The number of aromatic nitrogens is 6. The van der Waals surface area contributed by atoms with Crippen molar-refractivity contribution >= 4 is 40.7 Å². The molecule has 1 aliphatic rings. The fourth-order valence-corrected chi connectivity index (χ4v) is 5.29. The summed E-state index contributed by atoms with van der Waals surface area (Å²) in [6.45, 7) is 1.92. The number of hydrogen-bond donors (Lipinski definition) is 5. The molecule has 4 aromatic rings. The maximum Gasteiger partial charge on any atom is 0.284 e. The Morgan fingerprint density at radius 1 is 1.17 bits per heavy atom. The number of aromatic amines is 2. The van der Waals surface area contributed by atoms with Crippen LogP contribution in [0.25, 0.3) is 33.5 Å². The number of primary amides is 1. The molecule has 0 radical (unpaired) electrons. The molecule has 0 unspecified atom stereocenters. The zero-order valence-corrected chi connectivity index (χ0v) is 17.2. The Bertz CT molecular complexity index is 1230. The number of rotatable bonds is 6. The van der Waals surface area contributed by atoms with Gasteiger partial charge in [0, 0.05) is 39.3 Å². The fraction of sp³-hybridized carbons (Fsp3) is 0.167. The lowest BCUT2D eigenvalue weighted by atomic mass is 9.98. The van der Waals surface area contributed by atoms with E-state index in [4.69, 9.17) is 10.9 Å². The van der Waals surface area contributed by atoms with E-state index in [1.165, 1.54) is 0 Å². The van der Waals surface area contributed by atoms with Crippen molar-refractivity contribution in [3.63, 3.8) is 0 Å². The van der Waals surface area contributed by atoms with Gasteiger partial charge in [0.25, 0.3) is 5.91 Å². The number of hydrogen-bond acceptors (Lipinski definition) is 9. The van der Waals surface area contributed by atoms with E-state index in [2.05, 4.69) is 42.0 Å². The molecule has 10 nitrogen and oxygen atoms in total. The highest BCUT2D eigenvalue weighted by Gasteiger charge is 2.25. The molecule has 1 aliphatic heterocycles. The van der Waals surface area contributed by atoms with Crippen LogP contribution >= 0.6 is 23.7 Å². The summed E-state index contributed by atoms with van der Waals surface area (Å²) in [4.78, 5) is 20.9. The molecular weight excluding hydrogens is 422 g/mol. The van der Waals surface area contributed by atoms with E-state index >= 15 is 0 Å². The third-order valence-corrected chi connectivity index (χ3v) is 6.93. The molecule has 152 valence electrons. The first-order chi connectivity index (χ1) is 14.7. The maximum absolute atomic E-state index is 11.6. The van der Waals surface area contributed by atoms with E-state index in [0.29, 0.717) is 22.1 Å². The number of nitrogens with zero attached hydrogens (tertiary/aromatic N) is 4. The van der Waals surface area contributed by atoms with Gasteiger partial charge in [-0.25, -0.2) is 4.98 Å². The quantitative estimate of drug-likeness (QED) is 0.280. The minimum absolute atomic E-state index is 0.108. The molecule has 3 heterocycles. The Kier molecular flexibility index (Phi) is 4.90. The zero-order valence-electron chi connectivity index (χ0n) is 15.5. The third-order valence-electron chi connectivity index (χ3n) is 4.88. The normalized spacial score (nSPS) is 14.2. The van der Waals surface area contributed by atoms with E-state index in [-0.39, 0.29) is 5.82 Å². The summed E-state index contributed by atoms with van der Waals surface area (Å²) in [5, 5.41) is 24.6. The van der Waals surface area contributed by atoms with E-state index in [0.717, 1.165) is 51.5 Å². The van der Waals surface area contributed by atoms with E-state index in [9.17, 15) is 4.79 Å². The summed E-state index contributed by atoms with van der Waals surface area (Å²) in [7, 11) is 0. The molecule has 0 saturated carbocycles. The Morgan fingerprint density at radius 2 is 2.03 bits per heavy atom. The van der Waals surface area contributed by atoms with Crippen LogP contribution in [0.3, 0.4) is 0 Å². The number of para-hydroxylation sites is 1. The number of nitrogens with two attached hydrogens (primary N) is 2. The molecule has 7 N–H and O–H groups in total. The van der Waals surface area contributed by atoms with Crippen molar-refractivity contribution in [1.29, 1.82) is 0 Å². The number of amides is 1. The van der Waals surface area contributed by atoms with Crippen LogP contribution in [0.4, 0.5) is 0 Å². The summed E-state index contributed by atoms with van der Waals surface area (Å²) >= 11 is 2.93. The number of nitrogens with one attached hydrogen (secondary N) is 3. The van der Waals surface area contributed by atoms with Crippen molar-refractivity contribution < 1.29 is 4.79 Å². The number of benzene rings is 2. The second-order valence-corrected chi connectivity index (χ2v) is 8.70. The molecule has 0 bridgehead atoms. The van der Waals surface area contributed by atoms with Crippen LogP contribution in [-0.4, -0.2) is 54.8 Å². The summed E-state index contributed by atoms with van der Waals surface area (Å²) in [6, 6.07) is 9.72. The lowest BCUT2D eigenvalue weighted by Gasteiger charge is -2.27. The van der Waals surface area contributed by atoms with Gasteiger partial charge in [-0.15, -0.1) is 22.0 Å². The van der Waals surface area contributed by atoms with Crippen molar-refractivity contribution in [3.8, 4) is 22.5 Å². The van der Waals surface area contributed by atoms with Gasteiger partial charge in [0.15, 0.2) is 5.82 Å². The van der Waals surface area contributed by atoms with E-state index < -0.39 is 5.91 Å². The van der Waals surface area contributed by atoms with Gasteiger partial charge >= 0.3 is 0 Å². The van der Waals surface area contributed by atoms with Crippen molar-refractivity contribution in [1.82, 2.24) is 35.9 Å². The maximum atomic E-state index is 11.6. The van der Waals surface area contributed by atoms with Crippen LogP contribution in [-0.2, 0) is 0 Å². The van der Waals surface area contributed by atoms with Gasteiger partial charge in [-0.3, -0.25) is 9.93 Å². The number of H-pyrrole nitrogens is 2. The Hall–Kier alpha value is -2.93. The monoisotopic (exact) mass is 439 g/mol. The Labute approximate surface area is 179 Å². The predicted octanol–water partition coefficient (Wildman–Crippen LogP) is 1.54. The van der Waals surface area contributed by atoms with Gasteiger partial charge in [-0.2, -0.15) is 5.21 Å². The van der Waals surface area contributed by atoms with Gasteiger partial charge in [-0.1, -0.05) is 18.2 Å². The van der Waals surface area contributed by atoms with Crippen LogP contribution in [0.5, 0.6) is 0 Å². The summed E-state index contributed by atoms with van der Waals surface area (Å²) < 4.78 is 0. The molecule has 1 saturated heterocycles. The van der Waals surface area contributed by atoms with Gasteiger partial charge in [0.2, 0.25) is 5.82 Å². The molecule has 5 rings (SSSR count). The smallest absolute Gasteiger partial charge is 0.284 e. The van der Waals surface area contributed by atoms with Crippen molar-refractivity contribution in [2.24, 2.45) is 10.9 Å². The number of imidazole rings is 1. The SMILES string of the molecule is NSc1c(SC2CNC2)ccc(-c2cccc3[nH]c(C(N)=O)nc23)c1-c1nn[nH]n1. The lowest BCUT2D eigenvalue weighted by molar-refractivity contribution is 0.0991. The minimum Gasteiger partial charge on any atom is -0.363 e. The number of tetrazole rings is 1. The van der Waals surface area contributed by atoms with Gasteiger partial charge in [0.1, 0.15) is 0 Å². The second kappa shape index (κ2) is 7.72. The number of carbonyl (C=O) groups is 1. The van der Waals surface area contributed by atoms with Crippen molar-refractivity contribution in [2.75, 3.05) is 13.1 Å². The highest BCUT2D eigenvalue weighted by molar-refractivity contribution is 8.02. The average Bonchev–Trinajstić information content (AvgIpc) is 3.39. The topological polar surface area (TPSA) is 164 Å². The molecular formula is C18H17N9OS2. The van der Waals surface area contributed by atoms with E-state index in [1.807, 2.05) is 24.3 Å². The van der Waals surface area contributed by atoms with Crippen LogP contribution in [0, 0.1) is 0 Å². The number of thioether (sulfide) groups is 1. The van der Waals surface area contributed by atoms with Crippen molar-refractivity contribution in [2.45, 2.75) is 15.0 Å². The fourth-order valence-electron chi connectivity index (χ4n) is 3.38. The standard InChI is InChI=1S/C18H17N9OS2/c19-16(28)18-22-11-3-1-2-10(14(11)23-18)9-4-5-12(29-8-6-21-7-8)15(30-20)13(9)17-24-26-27-25-17/h1-5,8,21H,6-7,20H2,(H2,19,28)(H,22,23)(H,24,25,26,27). The zero-order chi connectivity index (χ0) is 20.7. The highest BCUT2D eigenvalue weighted by atomic mass is 32.2. The van der Waals surface area contributed by atoms with Crippen LogP contribution in [0.2, 0.25) is 0 Å². The first kappa shape index (κ1) is 19.1. The van der Waals surface area contributed by atoms with E-state index in [1.54, 1.807) is 11.8 Å². The van der Waals surface area contributed by atoms with Crippen molar-refractivity contribution in [3.05, 3.63) is 36.2 Å². The van der Waals surface area contributed by atoms with Gasteiger partial charge in [-0.05, 0) is 34.9 Å². The van der Waals surface area contributed by atoms with Crippen LogP contribution in [0.15, 0.2) is 40.1 Å². The first-order valence-corrected chi connectivity index (χ1v) is 10.9. The summed E-state index contributed by atoms with van der Waals surface area (Å²) in [5.74, 6) is -0.0685. The Balaban J connectivity index is 1.74. The lowest BCUT2D eigenvalue weighted by Crippen LogP contribution is -2.44. The molecule has 12 heteroatoms. The minimum atomic E-state index is -0.616. The molecule has 2 aromatic heterocycles. The molecule has 0 spiro atoms. The molecule has 2 aromatic carbocycles. The van der Waals surface area contributed by atoms with Crippen LogP contribution < -0.4 is 16.2 Å². The molecule has 0 atom stereocenters. The Morgan fingerprint density at radius 3 is 2.70 bits per heavy atom. The third kappa shape index (κ3) is 3.23. The van der Waals surface area contributed by atoms with Gasteiger partial charge in [0.05, 0.1) is 11.0 Å². The van der Waals surface area contributed by atoms with Gasteiger partial charge < -0.3 is 16.0 Å². The highest BCUT2D eigenvalue weighted by Crippen LogP contribution is 2.44. The molecule has 1 fully saturated rings. The number of carbonyl (C=O) groups excluding carboxylic acids is 1. The predicted molar refractivity (Wildman–Crippen MR) is 116 cm³/mol. The largest absolute Gasteiger partial charge is 0.363 e. The second-order valence-electron chi connectivity index (χ2n) is 6.72. The number of fused-ring (bicyclic) bond motifs is 1. The molecule has 0 aliphatic carbocycles. The first-order valence-electron chi connectivity index (χ1n) is 9.09. The average molecular weight is 440 g/mol. The molecule has 1 amide bonds. The van der Waals surface area contributed by atoms with Crippen LogP contribution in [0.1, 0.15) is 10.6 Å². The summed E-state index contributed by atoms with van der Waals surface area (Å²) in [6.07, 6.45) is 0. The molecule has 30 heavy (non-hydrogen) atoms.